The second kappa shape index (κ2) is 6.70. The lowest BCUT2D eigenvalue weighted by Crippen LogP contribution is -2.14. The van der Waals surface area contributed by atoms with Crippen LogP contribution in [0.1, 0.15) is 11.3 Å². The van der Waals surface area contributed by atoms with Crippen molar-refractivity contribution in [2.24, 2.45) is 0 Å². The number of aromatic nitrogens is 2. The number of hydrogen-bond donors (Lipinski definition) is 1. The number of methoxy groups -OCH3 is 2. The zero-order valence-electron chi connectivity index (χ0n) is 11.1. The third-order valence-corrected chi connectivity index (χ3v) is 2.67. The first-order valence-electron chi connectivity index (χ1n) is 6.01. The van der Waals surface area contributed by atoms with Crippen LogP contribution in [0, 0.1) is 0 Å². The molecule has 0 aliphatic rings. The number of rotatable bonds is 6. The average Bonchev–Trinajstić information content (AvgIpc) is 2.48. The average molecular weight is 259 g/mol. The van der Waals surface area contributed by atoms with E-state index in [0.717, 1.165) is 22.8 Å². The van der Waals surface area contributed by atoms with Gasteiger partial charge in [0.2, 0.25) is 0 Å². The molecule has 2 aromatic rings. The molecule has 1 aromatic heterocycles. The molecule has 0 atom stereocenters. The zero-order chi connectivity index (χ0) is 13.5. The summed E-state index contributed by atoms with van der Waals surface area (Å²) in [6.07, 6.45) is 1.66. The van der Waals surface area contributed by atoms with E-state index in [-0.39, 0.29) is 0 Å². The van der Waals surface area contributed by atoms with Crippen LogP contribution in [0.5, 0.6) is 11.5 Å². The topological polar surface area (TPSA) is 56.3 Å². The number of ether oxygens (including phenoxy) is 2. The van der Waals surface area contributed by atoms with Gasteiger partial charge in [-0.25, -0.2) is 0 Å². The van der Waals surface area contributed by atoms with Crippen LogP contribution in [0.25, 0.3) is 0 Å². The largest absolute Gasteiger partial charge is 0.497 e. The van der Waals surface area contributed by atoms with Gasteiger partial charge in [-0.15, -0.1) is 0 Å². The van der Waals surface area contributed by atoms with Gasteiger partial charge in [-0.3, -0.25) is 0 Å². The Balaban J connectivity index is 1.95. The Morgan fingerprint density at radius 2 is 1.79 bits per heavy atom. The minimum atomic E-state index is 0.674. The van der Waals surface area contributed by atoms with Crippen molar-refractivity contribution in [1.29, 1.82) is 0 Å². The lowest BCUT2D eigenvalue weighted by Gasteiger charge is -2.09. The van der Waals surface area contributed by atoms with E-state index in [1.54, 1.807) is 20.4 Å². The molecule has 0 unspecified atom stereocenters. The van der Waals surface area contributed by atoms with Crippen LogP contribution < -0.4 is 14.8 Å². The van der Waals surface area contributed by atoms with Crippen molar-refractivity contribution in [3.63, 3.8) is 0 Å². The van der Waals surface area contributed by atoms with Gasteiger partial charge >= 0.3 is 0 Å². The molecule has 0 fully saturated rings. The lowest BCUT2D eigenvalue weighted by molar-refractivity contribution is 0.393. The Morgan fingerprint density at radius 3 is 2.37 bits per heavy atom. The Bertz CT molecular complexity index is 495. The molecule has 0 amide bonds. The molecular weight excluding hydrogens is 242 g/mol. The molecule has 100 valence electrons. The summed E-state index contributed by atoms with van der Waals surface area (Å²) < 4.78 is 10.5. The summed E-state index contributed by atoms with van der Waals surface area (Å²) >= 11 is 0. The standard InChI is InChI=1S/C14H17N3O2/c1-18-13-6-11(7-14(8-13)19-2)9-15-10-12-4-3-5-16-17-12/h3-8,15H,9-10H2,1-2H3. The fourth-order valence-corrected chi connectivity index (χ4v) is 1.73. The molecular formula is C14H17N3O2. The highest BCUT2D eigenvalue weighted by atomic mass is 16.5. The van der Waals surface area contributed by atoms with Crippen LogP contribution >= 0.6 is 0 Å². The second-order valence-electron chi connectivity index (χ2n) is 4.04. The van der Waals surface area contributed by atoms with Gasteiger partial charge in [0.05, 0.1) is 19.9 Å². The third-order valence-electron chi connectivity index (χ3n) is 2.67. The number of nitrogens with one attached hydrogen (secondary N) is 1. The molecule has 1 heterocycles. The maximum Gasteiger partial charge on any atom is 0.122 e. The molecule has 0 bridgehead atoms. The van der Waals surface area contributed by atoms with Crippen LogP contribution in [-0.2, 0) is 13.1 Å². The predicted octanol–water partition coefficient (Wildman–Crippen LogP) is 1.78. The summed E-state index contributed by atoms with van der Waals surface area (Å²) in [7, 11) is 3.29. The van der Waals surface area contributed by atoms with Crippen molar-refractivity contribution in [3.05, 3.63) is 47.8 Å². The number of benzene rings is 1. The molecule has 0 saturated heterocycles. The molecule has 19 heavy (non-hydrogen) atoms. The first-order valence-corrected chi connectivity index (χ1v) is 6.01. The van der Waals surface area contributed by atoms with Gasteiger partial charge in [-0.1, -0.05) is 0 Å². The summed E-state index contributed by atoms with van der Waals surface area (Å²) in [6.45, 7) is 1.39. The Hall–Kier alpha value is -2.14. The molecule has 0 aliphatic heterocycles. The normalized spacial score (nSPS) is 10.2. The second-order valence-corrected chi connectivity index (χ2v) is 4.04. The van der Waals surface area contributed by atoms with Crippen molar-refractivity contribution in [2.45, 2.75) is 13.1 Å². The van der Waals surface area contributed by atoms with E-state index in [1.807, 2.05) is 30.3 Å². The SMILES string of the molecule is COc1cc(CNCc2cccnn2)cc(OC)c1. The van der Waals surface area contributed by atoms with Gasteiger partial charge < -0.3 is 14.8 Å². The minimum absolute atomic E-state index is 0.674. The summed E-state index contributed by atoms with van der Waals surface area (Å²) in [5, 5.41) is 11.2. The van der Waals surface area contributed by atoms with Gasteiger partial charge in [-0.2, -0.15) is 10.2 Å². The highest BCUT2D eigenvalue weighted by molar-refractivity contribution is 5.38. The molecule has 0 spiro atoms. The van der Waals surface area contributed by atoms with Gasteiger partial charge in [0, 0.05) is 25.4 Å². The van der Waals surface area contributed by atoms with E-state index >= 15 is 0 Å². The van der Waals surface area contributed by atoms with Crippen LogP contribution in [0.3, 0.4) is 0 Å². The summed E-state index contributed by atoms with van der Waals surface area (Å²) in [5.41, 5.74) is 2.01. The first-order chi connectivity index (χ1) is 9.31. The molecule has 1 N–H and O–H groups in total. The van der Waals surface area contributed by atoms with Crippen molar-refractivity contribution < 1.29 is 9.47 Å². The smallest absolute Gasteiger partial charge is 0.122 e. The molecule has 0 aliphatic carbocycles. The highest BCUT2D eigenvalue weighted by Gasteiger charge is 2.02. The summed E-state index contributed by atoms with van der Waals surface area (Å²) in [6, 6.07) is 9.62. The Morgan fingerprint density at radius 1 is 1.05 bits per heavy atom. The minimum Gasteiger partial charge on any atom is -0.497 e. The molecule has 1 aromatic carbocycles. The lowest BCUT2D eigenvalue weighted by atomic mass is 10.2. The monoisotopic (exact) mass is 259 g/mol. The van der Waals surface area contributed by atoms with E-state index < -0.39 is 0 Å². The van der Waals surface area contributed by atoms with E-state index in [0.29, 0.717) is 13.1 Å². The van der Waals surface area contributed by atoms with Gasteiger partial charge in [0.15, 0.2) is 0 Å². The fraction of sp³-hybridized carbons (Fsp3) is 0.286. The van der Waals surface area contributed by atoms with Crippen LogP contribution in [0.15, 0.2) is 36.5 Å². The molecule has 5 heteroatoms. The van der Waals surface area contributed by atoms with Crippen molar-refractivity contribution >= 4 is 0 Å². The molecule has 0 radical (unpaired) electrons. The quantitative estimate of drug-likeness (QED) is 0.857. The fourth-order valence-electron chi connectivity index (χ4n) is 1.73. The van der Waals surface area contributed by atoms with Crippen molar-refractivity contribution in [1.82, 2.24) is 15.5 Å². The highest BCUT2D eigenvalue weighted by Crippen LogP contribution is 2.22. The van der Waals surface area contributed by atoms with E-state index in [1.165, 1.54) is 0 Å². The number of nitrogens with zero attached hydrogens (tertiary/aromatic N) is 2. The molecule has 2 rings (SSSR count). The maximum absolute atomic E-state index is 5.23. The Labute approximate surface area is 112 Å². The van der Waals surface area contributed by atoms with Crippen LogP contribution in [-0.4, -0.2) is 24.4 Å². The van der Waals surface area contributed by atoms with E-state index in [4.69, 9.17) is 9.47 Å². The summed E-state index contributed by atoms with van der Waals surface area (Å²) in [4.78, 5) is 0. The third kappa shape index (κ3) is 3.93. The van der Waals surface area contributed by atoms with Crippen LogP contribution in [0.4, 0.5) is 0 Å². The predicted molar refractivity (Wildman–Crippen MR) is 72.1 cm³/mol. The molecule has 0 saturated carbocycles. The van der Waals surface area contributed by atoms with E-state index in [2.05, 4.69) is 15.5 Å². The zero-order valence-corrected chi connectivity index (χ0v) is 11.1. The number of hydrogen-bond acceptors (Lipinski definition) is 5. The molecule has 5 nitrogen and oxygen atoms in total. The Kier molecular flexibility index (Phi) is 4.69. The van der Waals surface area contributed by atoms with E-state index in [9.17, 15) is 0 Å². The van der Waals surface area contributed by atoms with Gasteiger partial charge in [-0.05, 0) is 29.8 Å². The summed E-state index contributed by atoms with van der Waals surface area (Å²) in [5.74, 6) is 1.58. The van der Waals surface area contributed by atoms with Crippen molar-refractivity contribution in [3.8, 4) is 11.5 Å². The van der Waals surface area contributed by atoms with Crippen molar-refractivity contribution in [2.75, 3.05) is 14.2 Å². The first kappa shape index (κ1) is 13.3. The van der Waals surface area contributed by atoms with Crippen LogP contribution in [0.2, 0.25) is 0 Å². The maximum atomic E-state index is 5.23. The van der Waals surface area contributed by atoms with Gasteiger partial charge in [0.25, 0.3) is 0 Å². The van der Waals surface area contributed by atoms with Gasteiger partial charge in [0.1, 0.15) is 11.5 Å².